The molecule has 0 spiro atoms. The summed E-state index contributed by atoms with van der Waals surface area (Å²) in [6.07, 6.45) is 6.86. The molecule has 2 aliphatic heterocycles. The van der Waals surface area contributed by atoms with E-state index in [0.717, 1.165) is 19.4 Å². The summed E-state index contributed by atoms with van der Waals surface area (Å²) in [7, 11) is 2.02. The van der Waals surface area contributed by atoms with Crippen molar-refractivity contribution in [2.75, 3.05) is 51.4 Å². The molecule has 0 aliphatic carbocycles. The maximum absolute atomic E-state index is 16.9. The number of aliphatic hydroxyl groups is 1. The third-order valence-corrected chi connectivity index (χ3v) is 8.06. The summed E-state index contributed by atoms with van der Waals surface area (Å²) in [6.45, 7) is 3.85. The first-order valence-corrected chi connectivity index (χ1v) is 14.4. The highest BCUT2D eigenvalue weighted by atomic mass is 19.1. The van der Waals surface area contributed by atoms with E-state index in [9.17, 15) is 14.6 Å². The highest BCUT2D eigenvalue weighted by Gasteiger charge is 2.29. The Hall–Kier alpha value is -4.55. The maximum Gasteiger partial charge on any atom is 0.319 e. The summed E-state index contributed by atoms with van der Waals surface area (Å²) in [5.74, 6) is 6.72. The summed E-state index contributed by atoms with van der Waals surface area (Å²) in [6, 6.07) is 5.48. The van der Waals surface area contributed by atoms with Crippen LogP contribution in [0.1, 0.15) is 31.0 Å². The zero-order valence-electron chi connectivity index (χ0n) is 24.4. The minimum atomic E-state index is -0.848. The number of phenolic OH excluding ortho intramolecular Hbond substituents is 1. The van der Waals surface area contributed by atoms with Crippen LogP contribution in [0.4, 0.5) is 14.6 Å². The lowest BCUT2D eigenvalue weighted by Gasteiger charge is -2.25. The number of β-amino-alcohol motifs (C(OH)–C–C–N with tert-alkyl or cyclic N) is 1. The normalized spacial score (nSPS) is 19.0. The molecule has 2 N–H and O–H groups in total. The maximum atomic E-state index is 16.9. The third-order valence-electron chi connectivity index (χ3n) is 8.06. The number of likely N-dealkylation sites (tertiary alicyclic amines) is 1. The van der Waals surface area contributed by atoms with Crippen molar-refractivity contribution in [2.24, 2.45) is 0 Å². The average molecular weight is 600 g/mol. The lowest BCUT2D eigenvalue weighted by atomic mass is 9.95. The molecule has 2 aromatic heterocycles. The Morgan fingerprint density at radius 2 is 2.00 bits per heavy atom. The van der Waals surface area contributed by atoms with E-state index < -0.39 is 17.7 Å². The van der Waals surface area contributed by atoms with Gasteiger partial charge in [-0.05, 0) is 62.9 Å². The zero-order valence-corrected chi connectivity index (χ0v) is 24.4. The highest BCUT2D eigenvalue weighted by molar-refractivity contribution is 6.04. The van der Waals surface area contributed by atoms with E-state index >= 15 is 4.39 Å². The van der Waals surface area contributed by atoms with Crippen molar-refractivity contribution >= 4 is 27.5 Å². The summed E-state index contributed by atoms with van der Waals surface area (Å²) in [5, 5.41) is 21.9. The zero-order chi connectivity index (χ0) is 31.0. The molecular weight excluding hydrogens is 568 g/mol. The molecule has 2 saturated heterocycles. The largest absolute Gasteiger partial charge is 0.508 e. The van der Waals surface area contributed by atoms with Gasteiger partial charge in [-0.1, -0.05) is 17.9 Å². The Balaban J connectivity index is 1.63. The first-order chi connectivity index (χ1) is 21.3. The monoisotopic (exact) mass is 599 g/mol. The molecule has 2 fully saturated rings. The number of terminal acetylenes is 1. The molecule has 2 atom stereocenters. The topological polar surface area (TPSA) is 104 Å². The second kappa shape index (κ2) is 12.2. The number of aromatic nitrogens is 3. The van der Waals surface area contributed by atoms with Crippen molar-refractivity contribution in [2.45, 2.75) is 31.9 Å². The van der Waals surface area contributed by atoms with Gasteiger partial charge >= 0.3 is 6.01 Å². The number of pyridine rings is 1. The number of hydrogen-bond acceptors (Lipinski definition) is 9. The van der Waals surface area contributed by atoms with Crippen LogP contribution in [0.5, 0.6) is 11.8 Å². The Kier molecular flexibility index (Phi) is 8.19. The number of hydrogen-bond donors (Lipinski definition) is 2. The Bertz CT molecular complexity index is 1870. The SMILES string of the molecule is C#Cc1c(F)ccc2cc(O)cc(-c3nc(C#CC)c4c(N5CCOCC(O)C5)nc(OC[C@@H]5CCCN5C)nc4c3F)c12. The predicted octanol–water partition coefficient (Wildman–Crippen LogP) is 3.85. The summed E-state index contributed by atoms with van der Waals surface area (Å²) < 4.78 is 43.3. The highest BCUT2D eigenvalue weighted by Crippen LogP contribution is 2.40. The molecule has 2 aliphatic rings. The molecule has 6 rings (SSSR count). The van der Waals surface area contributed by atoms with Gasteiger partial charge in [0.05, 0.1) is 30.3 Å². The number of likely N-dealkylation sites (N-methyl/N-ethyl adjacent to an activating group) is 1. The van der Waals surface area contributed by atoms with Crippen LogP contribution in [0.3, 0.4) is 0 Å². The standard InChI is InChI=1S/C33H31F2N5O4/c1-4-7-26-28-31(29(35)30(36-26)24-15-21(41)14-19-9-10-25(34)23(5-2)27(19)24)37-33(44-17-20-8-6-11-39(20)3)38-32(28)40-12-13-43-18-22(42)16-40/h2,9-10,14-15,20,22,41-42H,6,8,11-13,16-18H2,1,3H3/t20-,22?/m0/s1. The molecule has 2 aromatic carbocycles. The van der Waals surface area contributed by atoms with Crippen LogP contribution in [-0.4, -0.2) is 88.7 Å². The molecule has 0 radical (unpaired) electrons. The van der Waals surface area contributed by atoms with Crippen molar-refractivity contribution < 1.29 is 28.5 Å². The van der Waals surface area contributed by atoms with Gasteiger partial charge in [-0.2, -0.15) is 9.97 Å². The van der Waals surface area contributed by atoms with Gasteiger partial charge in [0.1, 0.15) is 40.9 Å². The quantitative estimate of drug-likeness (QED) is 0.331. The number of aliphatic hydroxyl groups excluding tert-OH is 1. The van der Waals surface area contributed by atoms with Gasteiger partial charge in [-0.3, -0.25) is 0 Å². The number of rotatable bonds is 5. The molecule has 9 nitrogen and oxygen atoms in total. The fourth-order valence-corrected chi connectivity index (χ4v) is 5.91. The van der Waals surface area contributed by atoms with Crippen molar-refractivity contribution in [3.63, 3.8) is 0 Å². The van der Waals surface area contributed by atoms with E-state index in [1.165, 1.54) is 24.3 Å². The second-order valence-electron chi connectivity index (χ2n) is 11.0. The van der Waals surface area contributed by atoms with Crippen molar-refractivity contribution in [3.05, 3.63) is 47.2 Å². The number of benzene rings is 2. The van der Waals surface area contributed by atoms with E-state index in [0.29, 0.717) is 31.0 Å². The van der Waals surface area contributed by atoms with E-state index in [1.54, 1.807) is 11.8 Å². The first-order valence-electron chi connectivity index (χ1n) is 14.4. The summed E-state index contributed by atoms with van der Waals surface area (Å²) in [4.78, 5) is 17.8. The van der Waals surface area contributed by atoms with Crippen molar-refractivity contribution in [1.29, 1.82) is 0 Å². The molecule has 11 heteroatoms. The van der Waals surface area contributed by atoms with Gasteiger partial charge in [-0.25, -0.2) is 13.8 Å². The number of ether oxygens (including phenoxy) is 2. The van der Waals surface area contributed by atoms with Crippen LogP contribution in [0.2, 0.25) is 0 Å². The van der Waals surface area contributed by atoms with Crippen LogP contribution < -0.4 is 9.64 Å². The van der Waals surface area contributed by atoms with Gasteiger partial charge in [0, 0.05) is 30.1 Å². The van der Waals surface area contributed by atoms with Crippen LogP contribution in [0.15, 0.2) is 24.3 Å². The van der Waals surface area contributed by atoms with Crippen LogP contribution in [0, 0.1) is 35.8 Å². The third kappa shape index (κ3) is 5.46. The number of anilines is 1. The number of aromatic hydroxyl groups is 1. The van der Waals surface area contributed by atoms with E-state index in [1.807, 2.05) is 7.05 Å². The Morgan fingerprint density at radius 3 is 2.75 bits per heavy atom. The first kappa shape index (κ1) is 29.5. The molecule has 0 amide bonds. The minimum Gasteiger partial charge on any atom is -0.508 e. The molecule has 1 unspecified atom stereocenters. The molecule has 226 valence electrons. The van der Waals surface area contributed by atoms with E-state index in [-0.39, 0.29) is 69.8 Å². The van der Waals surface area contributed by atoms with Crippen molar-refractivity contribution in [1.82, 2.24) is 19.9 Å². The Labute approximate surface area is 253 Å². The number of nitrogens with zero attached hydrogens (tertiary/aromatic N) is 5. The van der Waals surface area contributed by atoms with Gasteiger partial charge in [0.25, 0.3) is 0 Å². The lowest BCUT2D eigenvalue weighted by molar-refractivity contribution is 0.0597. The van der Waals surface area contributed by atoms with Crippen LogP contribution in [-0.2, 0) is 4.74 Å². The van der Waals surface area contributed by atoms with Gasteiger partial charge in [-0.15, -0.1) is 6.42 Å². The molecule has 0 saturated carbocycles. The second-order valence-corrected chi connectivity index (χ2v) is 11.0. The molecule has 4 aromatic rings. The van der Waals surface area contributed by atoms with E-state index in [2.05, 4.69) is 32.6 Å². The van der Waals surface area contributed by atoms with Crippen molar-refractivity contribution in [3.8, 4) is 47.2 Å². The molecular formula is C33H31F2N5O4. The predicted molar refractivity (Wildman–Crippen MR) is 163 cm³/mol. The fourth-order valence-electron chi connectivity index (χ4n) is 5.91. The minimum absolute atomic E-state index is 0.0463. The molecule has 44 heavy (non-hydrogen) atoms. The van der Waals surface area contributed by atoms with Crippen LogP contribution in [0.25, 0.3) is 32.9 Å². The average Bonchev–Trinajstić information content (AvgIpc) is 3.29. The Morgan fingerprint density at radius 1 is 1.16 bits per heavy atom. The van der Waals surface area contributed by atoms with E-state index in [4.69, 9.17) is 20.9 Å². The van der Waals surface area contributed by atoms with Gasteiger partial charge in [0.15, 0.2) is 5.82 Å². The number of halogens is 2. The van der Waals surface area contributed by atoms with Gasteiger partial charge in [0.2, 0.25) is 0 Å². The molecule has 4 heterocycles. The summed E-state index contributed by atoms with van der Waals surface area (Å²) in [5.41, 5.74) is -0.190. The van der Waals surface area contributed by atoms with Gasteiger partial charge < -0.3 is 29.5 Å². The number of fused-ring (bicyclic) bond motifs is 2. The van der Waals surface area contributed by atoms with Crippen LogP contribution >= 0.6 is 0 Å². The fraction of sp³-hybridized carbons (Fsp3) is 0.364. The number of phenols is 1. The smallest absolute Gasteiger partial charge is 0.319 e. The lowest BCUT2D eigenvalue weighted by Crippen LogP contribution is -2.34. The molecule has 0 bridgehead atoms. The summed E-state index contributed by atoms with van der Waals surface area (Å²) >= 11 is 0.